The molecule has 0 unspecified atom stereocenters. The van der Waals surface area contributed by atoms with Crippen LogP contribution >= 0.6 is 0 Å². The largest absolute Gasteiger partial charge is 0.462 e. The highest BCUT2D eigenvalue weighted by Crippen LogP contribution is 2.30. The molecule has 0 bridgehead atoms. The zero-order chi connectivity index (χ0) is 27.2. The van der Waals surface area contributed by atoms with Crippen molar-refractivity contribution in [1.29, 1.82) is 10.5 Å². The van der Waals surface area contributed by atoms with Crippen molar-refractivity contribution in [2.75, 3.05) is 24.6 Å². The van der Waals surface area contributed by atoms with Crippen molar-refractivity contribution in [3.8, 4) is 12.1 Å². The highest BCUT2D eigenvalue weighted by molar-refractivity contribution is 7.89. The molecule has 1 aromatic heterocycles. The van der Waals surface area contributed by atoms with Crippen molar-refractivity contribution in [2.45, 2.75) is 31.9 Å². The molecule has 1 aromatic carbocycles. The van der Waals surface area contributed by atoms with Gasteiger partial charge in [-0.1, -0.05) is 18.2 Å². The number of nitriles is 2. The van der Waals surface area contributed by atoms with Crippen LogP contribution < -0.4 is 9.62 Å². The Morgan fingerprint density at radius 2 is 1.84 bits per heavy atom. The van der Waals surface area contributed by atoms with Crippen LogP contribution in [-0.4, -0.2) is 45.0 Å². The number of carbonyl (C=O) groups is 2. The summed E-state index contributed by atoms with van der Waals surface area (Å²) in [5, 5.41) is 18.7. The number of ether oxygens (including phenoxy) is 1. The number of benzene rings is 1. The number of anilines is 1. The molecule has 1 aliphatic rings. The van der Waals surface area contributed by atoms with Gasteiger partial charge in [-0.3, -0.25) is 9.52 Å². The molecule has 1 saturated heterocycles. The first-order chi connectivity index (χ1) is 17.6. The van der Waals surface area contributed by atoms with Crippen molar-refractivity contribution in [2.24, 2.45) is 5.92 Å². The fourth-order valence-corrected chi connectivity index (χ4v) is 5.17. The molecule has 0 aliphatic carbocycles. The Morgan fingerprint density at radius 3 is 2.43 bits per heavy atom. The lowest BCUT2D eigenvalue weighted by atomic mass is 9.96. The number of esters is 1. The van der Waals surface area contributed by atoms with Gasteiger partial charge in [0.05, 0.1) is 35.1 Å². The summed E-state index contributed by atoms with van der Waals surface area (Å²) in [5.74, 6) is -3.00. The van der Waals surface area contributed by atoms with Gasteiger partial charge < -0.3 is 9.64 Å². The number of carbonyl (C=O) groups excluding carboxylic acids is 2. The summed E-state index contributed by atoms with van der Waals surface area (Å²) in [6, 6.07) is 10.9. The average Bonchev–Trinajstić information content (AvgIpc) is 2.87. The monoisotopic (exact) mass is 531 g/mol. The molecule has 10 nitrogen and oxygen atoms in total. The van der Waals surface area contributed by atoms with Crippen LogP contribution in [0.2, 0.25) is 0 Å². The molecule has 2 heterocycles. The van der Waals surface area contributed by atoms with Crippen molar-refractivity contribution in [1.82, 2.24) is 9.71 Å². The minimum absolute atomic E-state index is 0.0404. The van der Waals surface area contributed by atoms with Gasteiger partial charge in [0.25, 0.3) is 6.43 Å². The smallest absolute Gasteiger partial charge is 0.340 e. The van der Waals surface area contributed by atoms with Crippen molar-refractivity contribution < 1.29 is 31.5 Å². The van der Waals surface area contributed by atoms with E-state index in [4.69, 9.17) is 10.00 Å². The first-order valence-corrected chi connectivity index (χ1v) is 12.9. The fraction of sp³-hybridized carbons (Fsp3) is 0.375. The highest BCUT2D eigenvalue weighted by atomic mass is 32.2. The Balaban J connectivity index is 1.71. The molecule has 0 saturated carbocycles. The lowest BCUT2D eigenvalue weighted by molar-refractivity contribution is -0.123. The predicted octanol–water partition coefficient (Wildman–Crippen LogP) is 2.80. The van der Waals surface area contributed by atoms with E-state index in [1.807, 2.05) is 16.9 Å². The molecule has 37 heavy (non-hydrogen) atoms. The van der Waals surface area contributed by atoms with E-state index >= 15 is 0 Å². The van der Waals surface area contributed by atoms with E-state index in [2.05, 4.69) is 4.98 Å². The van der Waals surface area contributed by atoms with Gasteiger partial charge in [-0.2, -0.15) is 10.5 Å². The third-order valence-electron chi connectivity index (χ3n) is 5.76. The van der Waals surface area contributed by atoms with Crippen LogP contribution in [0.1, 0.15) is 58.9 Å². The number of aromatic nitrogens is 1. The highest BCUT2D eigenvalue weighted by Gasteiger charge is 2.31. The topological polar surface area (TPSA) is 153 Å². The number of pyridine rings is 1. The van der Waals surface area contributed by atoms with E-state index < -0.39 is 51.3 Å². The van der Waals surface area contributed by atoms with Crippen LogP contribution in [0.5, 0.6) is 0 Å². The Kier molecular flexibility index (Phi) is 8.73. The van der Waals surface area contributed by atoms with Gasteiger partial charge in [-0.25, -0.2) is 27.0 Å². The molecular formula is C24H23F2N5O5S. The molecule has 1 N–H and O–H groups in total. The number of halogens is 2. The minimum Gasteiger partial charge on any atom is -0.462 e. The first kappa shape index (κ1) is 27.5. The third-order valence-corrected chi connectivity index (χ3v) is 6.96. The zero-order valence-corrected chi connectivity index (χ0v) is 20.6. The molecule has 3 rings (SSSR count). The number of sulfonamides is 1. The van der Waals surface area contributed by atoms with Gasteiger partial charge in [0.1, 0.15) is 17.6 Å². The zero-order valence-electron chi connectivity index (χ0n) is 19.8. The van der Waals surface area contributed by atoms with Crippen LogP contribution in [0.4, 0.5) is 14.6 Å². The second-order valence-electron chi connectivity index (χ2n) is 8.18. The maximum Gasteiger partial charge on any atom is 0.340 e. The Hall–Kier alpha value is -4.10. The Bertz CT molecular complexity index is 1380. The van der Waals surface area contributed by atoms with Gasteiger partial charge >= 0.3 is 5.97 Å². The minimum atomic E-state index is -4.07. The Morgan fingerprint density at radius 1 is 1.19 bits per heavy atom. The SMILES string of the molecule is CCOC(=O)c1cc(C#N)c(N2CCC(C(=O)NS(=O)(=O)Cc3ccccc3C#N)CC2)nc1C(F)F. The second kappa shape index (κ2) is 11.8. The van der Waals surface area contributed by atoms with Crippen molar-refractivity contribution in [3.05, 3.63) is 58.3 Å². The number of hydrogen-bond acceptors (Lipinski definition) is 9. The number of hydrogen-bond donors (Lipinski definition) is 1. The van der Waals surface area contributed by atoms with Crippen LogP contribution in [0.15, 0.2) is 30.3 Å². The predicted molar refractivity (Wildman–Crippen MR) is 127 cm³/mol. The summed E-state index contributed by atoms with van der Waals surface area (Å²) in [5.41, 5.74) is -0.956. The Labute approximate surface area is 212 Å². The van der Waals surface area contributed by atoms with E-state index in [9.17, 15) is 32.0 Å². The fourth-order valence-electron chi connectivity index (χ4n) is 3.97. The van der Waals surface area contributed by atoms with Gasteiger partial charge in [-0.05, 0) is 37.5 Å². The number of nitrogens with one attached hydrogen (secondary N) is 1. The van der Waals surface area contributed by atoms with Crippen LogP contribution in [-0.2, 0) is 25.3 Å². The first-order valence-electron chi connectivity index (χ1n) is 11.3. The van der Waals surface area contributed by atoms with E-state index in [0.29, 0.717) is 0 Å². The standard InChI is InChI=1S/C24H23F2N5O5S/c1-2-36-24(33)19-11-18(13-28)22(29-20(19)21(25)26)31-9-7-15(8-10-31)23(32)30-37(34,35)14-17-6-4-3-5-16(17)12-27/h3-6,11,15,21H,2,7-10,14H2,1H3,(H,30,32). The van der Waals surface area contributed by atoms with Crippen LogP contribution in [0.25, 0.3) is 0 Å². The molecule has 0 radical (unpaired) electrons. The third kappa shape index (κ3) is 6.57. The quantitative estimate of drug-likeness (QED) is 0.507. The normalized spacial score (nSPS) is 14.1. The molecule has 2 aromatic rings. The summed E-state index contributed by atoms with van der Waals surface area (Å²) in [4.78, 5) is 30.2. The van der Waals surface area contributed by atoms with Crippen molar-refractivity contribution in [3.63, 3.8) is 0 Å². The molecule has 1 amide bonds. The molecule has 1 aliphatic heterocycles. The van der Waals surface area contributed by atoms with Crippen LogP contribution in [0.3, 0.4) is 0 Å². The molecule has 0 atom stereocenters. The second-order valence-corrected chi connectivity index (χ2v) is 9.90. The number of nitrogens with zero attached hydrogens (tertiary/aromatic N) is 4. The summed E-state index contributed by atoms with van der Waals surface area (Å²) in [6.45, 7) is 1.75. The number of rotatable bonds is 8. The summed E-state index contributed by atoms with van der Waals surface area (Å²) in [7, 11) is -4.07. The lowest BCUT2D eigenvalue weighted by Gasteiger charge is -2.33. The lowest BCUT2D eigenvalue weighted by Crippen LogP contribution is -2.43. The van der Waals surface area contributed by atoms with Gasteiger partial charge in [-0.15, -0.1) is 0 Å². The van der Waals surface area contributed by atoms with Gasteiger partial charge in [0.2, 0.25) is 15.9 Å². The van der Waals surface area contributed by atoms with Gasteiger partial charge in [0.15, 0.2) is 0 Å². The molecular weight excluding hydrogens is 508 g/mol. The maximum atomic E-state index is 13.6. The van der Waals surface area contributed by atoms with Crippen molar-refractivity contribution >= 4 is 27.7 Å². The van der Waals surface area contributed by atoms with Crippen LogP contribution in [0, 0.1) is 28.6 Å². The van der Waals surface area contributed by atoms with E-state index in [-0.39, 0.29) is 55.0 Å². The molecule has 194 valence electrons. The van der Waals surface area contributed by atoms with Gasteiger partial charge in [0, 0.05) is 19.0 Å². The van der Waals surface area contributed by atoms with E-state index in [1.54, 1.807) is 17.0 Å². The van der Waals surface area contributed by atoms with E-state index in [0.717, 1.165) is 6.07 Å². The molecule has 13 heteroatoms. The number of amides is 1. The maximum absolute atomic E-state index is 13.6. The number of piperidine rings is 1. The number of alkyl halides is 2. The average molecular weight is 532 g/mol. The summed E-state index contributed by atoms with van der Waals surface area (Å²) in [6.07, 6.45) is -2.75. The summed E-state index contributed by atoms with van der Waals surface area (Å²) < 4.78 is 59.2. The molecule has 0 spiro atoms. The summed E-state index contributed by atoms with van der Waals surface area (Å²) >= 11 is 0. The molecule has 1 fully saturated rings. The van der Waals surface area contributed by atoms with E-state index in [1.165, 1.54) is 19.1 Å².